The van der Waals surface area contributed by atoms with Crippen LogP contribution in [0, 0.1) is 0 Å². The van der Waals surface area contributed by atoms with Crippen molar-refractivity contribution in [3.05, 3.63) is 53.7 Å². The number of unbranched alkanes of at least 4 members (excludes halogenated alkanes) is 6. The summed E-state index contributed by atoms with van der Waals surface area (Å²) in [6, 6.07) is 13.3. The standard InChI is InChI=1S/C26H37NO/c1-2-3-4-5-6-7-8-9-21-10-19-26(27-20-21)24-13-11-22(12-14-24)23-15-17-25(28)18-16-23/h10-14,19-20,23,25,28H,2-9,15-18H2,1H3. The van der Waals surface area contributed by atoms with E-state index in [0.717, 1.165) is 37.8 Å². The Labute approximate surface area is 171 Å². The number of pyridine rings is 1. The normalized spacial score (nSPS) is 19.6. The van der Waals surface area contributed by atoms with Crippen LogP contribution in [0.5, 0.6) is 0 Å². The average molecular weight is 380 g/mol. The minimum absolute atomic E-state index is 0.0840. The van der Waals surface area contributed by atoms with Crippen LogP contribution < -0.4 is 0 Å². The molecule has 3 rings (SSSR count). The second-order valence-corrected chi connectivity index (χ2v) is 8.55. The van der Waals surface area contributed by atoms with E-state index in [1.54, 1.807) is 0 Å². The largest absolute Gasteiger partial charge is 0.393 e. The minimum atomic E-state index is -0.0840. The number of aromatic nitrogens is 1. The maximum atomic E-state index is 9.69. The summed E-state index contributed by atoms with van der Waals surface area (Å²) in [5.74, 6) is 0.606. The molecule has 1 N–H and O–H groups in total. The van der Waals surface area contributed by atoms with Crippen LogP contribution in [0.3, 0.4) is 0 Å². The lowest BCUT2D eigenvalue weighted by Gasteiger charge is -2.25. The van der Waals surface area contributed by atoms with Crippen molar-refractivity contribution >= 4 is 0 Å². The van der Waals surface area contributed by atoms with E-state index >= 15 is 0 Å². The highest BCUT2D eigenvalue weighted by atomic mass is 16.3. The molecule has 1 aromatic carbocycles. The van der Waals surface area contributed by atoms with Crippen LogP contribution in [0.15, 0.2) is 42.6 Å². The first-order chi connectivity index (χ1) is 13.8. The van der Waals surface area contributed by atoms with Gasteiger partial charge in [-0.05, 0) is 61.6 Å². The first kappa shape index (κ1) is 21.0. The number of nitrogens with zero attached hydrogens (tertiary/aromatic N) is 1. The molecule has 1 aliphatic rings. The zero-order valence-electron chi connectivity index (χ0n) is 17.6. The Kier molecular flexibility index (Phi) is 8.54. The molecular formula is C26H37NO. The van der Waals surface area contributed by atoms with E-state index in [1.165, 1.54) is 61.6 Å². The molecule has 0 bridgehead atoms. The number of benzene rings is 1. The van der Waals surface area contributed by atoms with Gasteiger partial charge < -0.3 is 5.11 Å². The molecule has 2 heteroatoms. The van der Waals surface area contributed by atoms with E-state index in [1.807, 2.05) is 0 Å². The molecule has 1 aromatic heterocycles. The summed E-state index contributed by atoms with van der Waals surface area (Å²) in [5.41, 5.74) is 5.02. The van der Waals surface area contributed by atoms with E-state index in [9.17, 15) is 5.11 Å². The molecule has 152 valence electrons. The molecule has 0 atom stereocenters. The van der Waals surface area contributed by atoms with Gasteiger partial charge in [-0.15, -0.1) is 0 Å². The molecule has 2 aromatic rings. The summed E-state index contributed by atoms with van der Waals surface area (Å²) >= 11 is 0. The number of aliphatic hydroxyl groups is 1. The van der Waals surface area contributed by atoms with Gasteiger partial charge in [-0.2, -0.15) is 0 Å². The van der Waals surface area contributed by atoms with Crippen LogP contribution in [-0.4, -0.2) is 16.2 Å². The summed E-state index contributed by atoms with van der Waals surface area (Å²) < 4.78 is 0. The number of aliphatic hydroxyl groups excluding tert-OH is 1. The molecule has 1 heterocycles. The molecule has 0 amide bonds. The molecule has 0 radical (unpaired) electrons. The Hall–Kier alpha value is -1.67. The third kappa shape index (κ3) is 6.44. The number of rotatable bonds is 10. The fraction of sp³-hybridized carbons (Fsp3) is 0.577. The maximum Gasteiger partial charge on any atom is 0.0702 e. The topological polar surface area (TPSA) is 33.1 Å². The van der Waals surface area contributed by atoms with E-state index in [4.69, 9.17) is 4.98 Å². The predicted octanol–water partition coefficient (Wildman–Crippen LogP) is 7.06. The number of hydrogen-bond donors (Lipinski definition) is 1. The quantitative estimate of drug-likeness (QED) is 0.448. The summed E-state index contributed by atoms with van der Waals surface area (Å²) in [5, 5.41) is 9.69. The minimum Gasteiger partial charge on any atom is -0.393 e. The van der Waals surface area contributed by atoms with Crippen molar-refractivity contribution < 1.29 is 5.11 Å². The van der Waals surface area contributed by atoms with Gasteiger partial charge in [0.2, 0.25) is 0 Å². The zero-order valence-corrected chi connectivity index (χ0v) is 17.6. The van der Waals surface area contributed by atoms with Crippen molar-refractivity contribution in [1.82, 2.24) is 4.98 Å². The fourth-order valence-electron chi connectivity index (χ4n) is 4.36. The van der Waals surface area contributed by atoms with Gasteiger partial charge in [-0.25, -0.2) is 0 Å². The van der Waals surface area contributed by atoms with Crippen LogP contribution >= 0.6 is 0 Å². The second kappa shape index (κ2) is 11.4. The summed E-state index contributed by atoms with van der Waals surface area (Å²) in [6.07, 6.45) is 16.7. The van der Waals surface area contributed by atoms with Crippen molar-refractivity contribution in [1.29, 1.82) is 0 Å². The average Bonchev–Trinajstić information content (AvgIpc) is 2.74. The lowest BCUT2D eigenvalue weighted by molar-refractivity contribution is 0.122. The van der Waals surface area contributed by atoms with Gasteiger partial charge >= 0.3 is 0 Å². The molecule has 1 aliphatic carbocycles. The highest BCUT2D eigenvalue weighted by Gasteiger charge is 2.20. The molecule has 0 aliphatic heterocycles. The van der Waals surface area contributed by atoms with Gasteiger partial charge in [0.1, 0.15) is 0 Å². The lowest BCUT2D eigenvalue weighted by atomic mass is 9.82. The highest BCUT2D eigenvalue weighted by molar-refractivity contribution is 5.59. The van der Waals surface area contributed by atoms with Crippen LogP contribution in [-0.2, 0) is 6.42 Å². The van der Waals surface area contributed by atoms with Crippen molar-refractivity contribution in [2.75, 3.05) is 0 Å². The van der Waals surface area contributed by atoms with Crippen LogP contribution in [0.2, 0.25) is 0 Å². The number of hydrogen-bond acceptors (Lipinski definition) is 2. The molecular weight excluding hydrogens is 342 g/mol. The third-order valence-electron chi connectivity index (χ3n) is 6.27. The SMILES string of the molecule is CCCCCCCCCc1ccc(-c2ccc(C3CCC(O)CC3)cc2)nc1. The van der Waals surface area contributed by atoms with Gasteiger partial charge in [0.05, 0.1) is 11.8 Å². The predicted molar refractivity (Wildman–Crippen MR) is 119 cm³/mol. The van der Waals surface area contributed by atoms with E-state index in [0.29, 0.717) is 5.92 Å². The van der Waals surface area contributed by atoms with Gasteiger partial charge in [0, 0.05) is 11.8 Å². The Morgan fingerprint density at radius 2 is 1.50 bits per heavy atom. The van der Waals surface area contributed by atoms with Crippen LogP contribution in [0.25, 0.3) is 11.3 Å². The van der Waals surface area contributed by atoms with E-state index < -0.39 is 0 Å². The molecule has 0 spiro atoms. The molecule has 1 fully saturated rings. The Morgan fingerprint density at radius 1 is 0.821 bits per heavy atom. The van der Waals surface area contributed by atoms with E-state index in [-0.39, 0.29) is 6.10 Å². The second-order valence-electron chi connectivity index (χ2n) is 8.55. The van der Waals surface area contributed by atoms with Crippen molar-refractivity contribution in [2.24, 2.45) is 0 Å². The summed E-state index contributed by atoms with van der Waals surface area (Å²) in [6.45, 7) is 2.27. The van der Waals surface area contributed by atoms with Crippen LogP contribution in [0.4, 0.5) is 0 Å². The third-order valence-corrected chi connectivity index (χ3v) is 6.27. The first-order valence-corrected chi connectivity index (χ1v) is 11.5. The monoisotopic (exact) mass is 379 g/mol. The molecule has 0 saturated heterocycles. The smallest absolute Gasteiger partial charge is 0.0702 e. The molecule has 28 heavy (non-hydrogen) atoms. The van der Waals surface area contributed by atoms with Crippen molar-refractivity contribution in [2.45, 2.75) is 96.0 Å². The van der Waals surface area contributed by atoms with Crippen LogP contribution in [0.1, 0.15) is 94.6 Å². The van der Waals surface area contributed by atoms with Crippen molar-refractivity contribution in [3.8, 4) is 11.3 Å². The lowest BCUT2D eigenvalue weighted by Crippen LogP contribution is -2.16. The molecule has 0 unspecified atom stereocenters. The summed E-state index contributed by atoms with van der Waals surface area (Å²) in [4.78, 5) is 4.71. The van der Waals surface area contributed by atoms with Gasteiger partial charge in [-0.3, -0.25) is 4.98 Å². The molecule has 2 nitrogen and oxygen atoms in total. The Morgan fingerprint density at radius 3 is 2.14 bits per heavy atom. The number of aryl methyl sites for hydroxylation is 1. The summed E-state index contributed by atoms with van der Waals surface area (Å²) in [7, 11) is 0. The van der Waals surface area contributed by atoms with Gasteiger partial charge in [-0.1, -0.05) is 75.8 Å². The van der Waals surface area contributed by atoms with E-state index in [2.05, 4.69) is 49.5 Å². The molecule has 1 saturated carbocycles. The zero-order chi connectivity index (χ0) is 19.6. The highest BCUT2D eigenvalue weighted by Crippen LogP contribution is 2.33. The Bertz CT molecular complexity index is 669. The fourth-order valence-corrected chi connectivity index (χ4v) is 4.36. The van der Waals surface area contributed by atoms with Gasteiger partial charge in [0.25, 0.3) is 0 Å². The van der Waals surface area contributed by atoms with Crippen molar-refractivity contribution in [3.63, 3.8) is 0 Å². The first-order valence-electron chi connectivity index (χ1n) is 11.5. The van der Waals surface area contributed by atoms with Gasteiger partial charge in [0.15, 0.2) is 0 Å². The maximum absolute atomic E-state index is 9.69. The Balaban J connectivity index is 1.45.